The molecule has 0 heterocycles. The second-order valence-electron chi connectivity index (χ2n) is 3.91. The zero-order valence-corrected chi connectivity index (χ0v) is 10.7. The molecule has 0 saturated heterocycles. The highest BCUT2D eigenvalue weighted by Crippen LogP contribution is 2.14. The summed E-state index contributed by atoms with van der Waals surface area (Å²) >= 11 is 0. The molecule has 0 saturated carbocycles. The van der Waals surface area contributed by atoms with Gasteiger partial charge in [-0.05, 0) is 31.6 Å². The first kappa shape index (κ1) is 13.9. The highest BCUT2D eigenvalue weighted by molar-refractivity contribution is 7.86. The molecule has 0 aromatic heterocycles. The van der Waals surface area contributed by atoms with Crippen LogP contribution in [0.3, 0.4) is 0 Å². The number of aryl methyl sites for hydroxylation is 1. The lowest BCUT2D eigenvalue weighted by molar-refractivity contribution is 0.139. The first-order valence-corrected chi connectivity index (χ1v) is 6.53. The molecule has 0 spiro atoms. The van der Waals surface area contributed by atoms with Gasteiger partial charge >= 0.3 is 0 Å². The van der Waals surface area contributed by atoms with Crippen LogP contribution < -0.4 is 0 Å². The number of aliphatic hydroxyl groups excluding tert-OH is 1. The Bertz CT molecular complexity index is 488. The van der Waals surface area contributed by atoms with Crippen molar-refractivity contribution in [1.82, 2.24) is 0 Å². The molecule has 1 atom stereocenters. The molecular weight excluding hydrogens is 240 g/mol. The quantitative estimate of drug-likeness (QED) is 0.642. The van der Waals surface area contributed by atoms with E-state index in [1.165, 1.54) is 12.1 Å². The molecule has 0 bridgehead atoms. The van der Waals surface area contributed by atoms with E-state index in [0.29, 0.717) is 5.57 Å². The zero-order valence-electron chi connectivity index (χ0n) is 9.88. The van der Waals surface area contributed by atoms with Gasteiger partial charge in [0.25, 0.3) is 10.1 Å². The minimum atomic E-state index is -3.81. The smallest absolute Gasteiger partial charge is 0.297 e. The monoisotopic (exact) mass is 256 g/mol. The summed E-state index contributed by atoms with van der Waals surface area (Å²) in [6.45, 7) is 6.67. The lowest BCUT2D eigenvalue weighted by atomic mass is 10.2. The number of benzene rings is 1. The Morgan fingerprint density at radius 2 is 1.94 bits per heavy atom. The largest absolute Gasteiger partial charge is 0.386 e. The van der Waals surface area contributed by atoms with Gasteiger partial charge in [0.05, 0.1) is 17.6 Å². The predicted octanol–water partition coefficient (Wildman–Crippen LogP) is 1.64. The highest BCUT2D eigenvalue weighted by atomic mass is 32.2. The van der Waals surface area contributed by atoms with Gasteiger partial charge in [-0.25, -0.2) is 0 Å². The zero-order chi connectivity index (χ0) is 13.1. The van der Waals surface area contributed by atoms with Crippen molar-refractivity contribution in [3.8, 4) is 0 Å². The van der Waals surface area contributed by atoms with Crippen molar-refractivity contribution >= 4 is 10.1 Å². The summed E-state index contributed by atoms with van der Waals surface area (Å²) < 4.78 is 28.2. The Balaban J connectivity index is 2.76. The van der Waals surface area contributed by atoms with Crippen LogP contribution in [0.2, 0.25) is 0 Å². The van der Waals surface area contributed by atoms with Crippen molar-refractivity contribution in [3.05, 3.63) is 42.0 Å². The van der Waals surface area contributed by atoms with Crippen molar-refractivity contribution in [3.63, 3.8) is 0 Å². The molecule has 0 amide bonds. The topological polar surface area (TPSA) is 63.6 Å². The van der Waals surface area contributed by atoms with Crippen molar-refractivity contribution in [2.24, 2.45) is 0 Å². The Hall–Kier alpha value is -1.17. The summed E-state index contributed by atoms with van der Waals surface area (Å²) in [5, 5.41) is 9.39. The highest BCUT2D eigenvalue weighted by Gasteiger charge is 2.17. The Morgan fingerprint density at radius 1 is 1.41 bits per heavy atom. The van der Waals surface area contributed by atoms with E-state index in [2.05, 4.69) is 6.58 Å². The van der Waals surface area contributed by atoms with Gasteiger partial charge in [0.15, 0.2) is 0 Å². The summed E-state index contributed by atoms with van der Waals surface area (Å²) in [6, 6.07) is 6.31. The van der Waals surface area contributed by atoms with Crippen LogP contribution in [0.25, 0.3) is 0 Å². The van der Waals surface area contributed by atoms with Crippen molar-refractivity contribution in [2.45, 2.75) is 24.8 Å². The van der Waals surface area contributed by atoms with Gasteiger partial charge in [-0.1, -0.05) is 24.3 Å². The fourth-order valence-electron chi connectivity index (χ4n) is 1.07. The standard InChI is InChI=1S/C12H16O4S/c1-9(2)12(13)8-16-17(14,15)11-6-4-10(3)5-7-11/h4-7,12-13H,1,8H2,2-3H3/t12-/m1/s1. The van der Waals surface area contributed by atoms with Gasteiger partial charge in [-0.15, -0.1) is 0 Å². The molecule has 1 rings (SSSR count). The normalized spacial score (nSPS) is 13.4. The van der Waals surface area contributed by atoms with Gasteiger partial charge in [-0.3, -0.25) is 4.18 Å². The summed E-state index contributed by atoms with van der Waals surface area (Å²) in [5.41, 5.74) is 1.43. The average Bonchev–Trinajstić information content (AvgIpc) is 2.26. The van der Waals surface area contributed by atoms with Crippen LogP contribution in [0.5, 0.6) is 0 Å². The van der Waals surface area contributed by atoms with Crippen LogP contribution in [0.4, 0.5) is 0 Å². The van der Waals surface area contributed by atoms with E-state index in [4.69, 9.17) is 4.18 Å². The minimum Gasteiger partial charge on any atom is -0.386 e. The van der Waals surface area contributed by atoms with Gasteiger partial charge in [-0.2, -0.15) is 8.42 Å². The Morgan fingerprint density at radius 3 is 2.41 bits per heavy atom. The van der Waals surface area contributed by atoms with Gasteiger partial charge in [0.2, 0.25) is 0 Å². The van der Waals surface area contributed by atoms with E-state index in [1.54, 1.807) is 19.1 Å². The maximum Gasteiger partial charge on any atom is 0.297 e. The molecule has 0 unspecified atom stereocenters. The van der Waals surface area contributed by atoms with Crippen LogP contribution in [0.15, 0.2) is 41.3 Å². The molecule has 4 nitrogen and oxygen atoms in total. The molecule has 0 radical (unpaired) electrons. The maximum absolute atomic E-state index is 11.7. The third-order valence-electron chi connectivity index (χ3n) is 2.26. The van der Waals surface area contributed by atoms with E-state index in [-0.39, 0.29) is 11.5 Å². The number of aliphatic hydroxyl groups is 1. The van der Waals surface area contributed by atoms with E-state index < -0.39 is 16.2 Å². The van der Waals surface area contributed by atoms with Gasteiger partial charge < -0.3 is 5.11 Å². The lowest BCUT2D eigenvalue weighted by Gasteiger charge is -2.11. The summed E-state index contributed by atoms with van der Waals surface area (Å²) in [5.74, 6) is 0. The number of rotatable bonds is 5. The molecular formula is C12H16O4S. The van der Waals surface area contributed by atoms with Crippen LogP contribution >= 0.6 is 0 Å². The Labute approximate surface area is 102 Å². The average molecular weight is 256 g/mol. The van der Waals surface area contributed by atoms with Crippen molar-refractivity contribution in [2.75, 3.05) is 6.61 Å². The van der Waals surface area contributed by atoms with Crippen LogP contribution in [0.1, 0.15) is 12.5 Å². The Kier molecular flexibility index (Phi) is 4.45. The molecule has 0 aliphatic rings. The van der Waals surface area contributed by atoms with Crippen LogP contribution in [-0.4, -0.2) is 26.2 Å². The second-order valence-corrected chi connectivity index (χ2v) is 5.53. The molecule has 94 valence electrons. The van der Waals surface area contributed by atoms with E-state index in [0.717, 1.165) is 5.56 Å². The third kappa shape index (κ3) is 3.96. The SMILES string of the molecule is C=C(C)[C@H](O)COS(=O)(=O)c1ccc(C)cc1. The molecule has 1 aromatic carbocycles. The minimum absolute atomic E-state index is 0.0806. The molecule has 5 heteroatoms. The number of hydrogen-bond acceptors (Lipinski definition) is 4. The summed E-state index contributed by atoms with van der Waals surface area (Å²) in [6.07, 6.45) is -0.977. The van der Waals surface area contributed by atoms with E-state index in [9.17, 15) is 13.5 Å². The fraction of sp³-hybridized carbons (Fsp3) is 0.333. The first-order chi connectivity index (χ1) is 7.83. The van der Waals surface area contributed by atoms with Crippen molar-refractivity contribution in [1.29, 1.82) is 0 Å². The number of hydrogen-bond donors (Lipinski definition) is 1. The van der Waals surface area contributed by atoms with Gasteiger partial charge in [0, 0.05) is 0 Å². The van der Waals surface area contributed by atoms with E-state index >= 15 is 0 Å². The molecule has 0 aliphatic carbocycles. The molecule has 1 N–H and O–H groups in total. The first-order valence-electron chi connectivity index (χ1n) is 5.12. The fourth-order valence-corrected chi connectivity index (χ4v) is 1.98. The van der Waals surface area contributed by atoms with E-state index in [1.807, 2.05) is 6.92 Å². The summed E-state index contributed by atoms with van der Waals surface area (Å²) in [7, 11) is -3.81. The van der Waals surface area contributed by atoms with Crippen molar-refractivity contribution < 1.29 is 17.7 Å². The lowest BCUT2D eigenvalue weighted by Crippen LogP contribution is -2.19. The van der Waals surface area contributed by atoms with Crippen LogP contribution in [-0.2, 0) is 14.3 Å². The molecule has 17 heavy (non-hydrogen) atoms. The second kappa shape index (κ2) is 5.44. The third-order valence-corrected chi connectivity index (χ3v) is 3.56. The van der Waals surface area contributed by atoms with Crippen LogP contribution in [0, 0.1) is 6.92 Å². The molecule has 1 aromatic rings. The molecule has 0 fully saturated rings. The maximum atomic E-state index is 11.7. The summed E-state index contributed by atoms with van der Waals surface area (Å²) in [4.78, 5) is 0.0806. The molecule has 0 aliphatic heterocycles. The van der Waals surface area contributed by atoms with Gasteiger partial charge in [0.1, 0.15) is 0 Å². The predicted molar refractivity (Wildman–Crippen MR) is 65.1 cm³/mol.